The van der Waals surface area contributed by atoms with Gasteiger partial charge >= 0.3 is 5.97 Å². The van der Waals surface area contributed by atoms with Crippen LogP contribution in [0.1, 0.15) is 36.0 Å². The first-order valence-corrected chi connectivity index (χ1v) is 7.77. The summed E-state index contributed by atoms with van der Waals surface area (Å²) < 4.78 is 0. The van der Waals surface area contributed by atoms with E-state index in [4.69, 9.17) is 0 Å². The Kier molecular flexibility index (Phi) is 5.41. The van der Waals surface area contributed by atoms with Crippen LogP contribution >= 0.6 is 0 Å². The number of benzene rings is 1. The SMILES string of the molecule is CN(C)c1ccc(C(=O)NC[C@@H]2CCCC[C@@H]2C(=O)O)cc1. The molecular formula is C17H24N2O3. The molecule has 0 saturated heterocycles. The van der Waals surface area contributed by atoms with Crippen LogP contribution in [-0.2, 0) is 4.79 Å². The van der Waals surface area contributed by atoms with Crippen LogP contribution in [0.3, 0.4) is 0 Å². The Balaban J connectivity index is 1.92. The Morgan fingerprint density at radius 2 is 1.82 bits per heavy atom. The second kappa shape index (κ2) is 7.29. The maximum atomic E-state index is 12.2. The second-order valence-corrected chi connectivity index (χ2v) is 6.14. The minimum atomic E-state index is -0.741. The Morgan fingerprint density at radius 3 is 2.41 bits per heavy atom. The van der Waals surface area contributed by atoms with Crippen LogP contribution in [0.5, 0.6) is 0 Å². The minimum absolute atomic E-state index is 0.0382. The van der Waals surface area contributed by atoms with Crippen molar-refractivity contribution in [2.45, 2.75) is 25.7 Å². The number of nitrogens with one attached hydrogen (secondary N) is 1. The molecule has 2 rings (SSSR count). The van der Waals surface area contributed by atoms with Gasteiger partial charge < -0.3 is 15.3 Å². The summed E-state index contributed by atoms with van der Waals surface area (Å²) in [5.74, 6) is -1.17. The molecule has 0 spiro atoms. The second-order valence-electron chi connectivity index (χ2n) is 6.14. The predicted molar refractivity (Wildman–Crippen MR) is 86.2 cm³/mol. The molecule has 1 fully saturated rings. The molecule has 0 heterocycles. The summed E-state index contributed by atoms with van der Waals surface area (Å²) in [6.07, 6.45) is 3.60. The van der Waals surface area contributed by atoms with E-state index in [1.807, 2.05) is 31.1 Å². The fourth-order valence-electron chi connectivity index (χ4n) is 3.01. The van der Waals surface area contributed by atoms with Crippen molar-refractivity contribution in [2.24, 2.45) is 11.8 Å². The van der Waals surface area contributed by atoms with Crippen LogP contribution in [0, 0.1) is 11.8 Å². The van der Waals surface area contributed by atoms with Crippen molar-refractivity contribution in [3.8, 4) is 0 Å². The molecule has 0 aliphatic heterocycles. The number of carboxylic acid groups (broad SMARTS) is 1. The standard InChI is InChI=1S/C17H24N2O3/c1-19(2)14-9-7-12(8-10-14)16(20)18-11-13-5-3-4-6-15(13)17(21)22/h7-10,13,15H,3-6,11H2,1-2H3,(H,18,20)(H,21,22)/t13-,15-/m0/s1. The summed E-state index contributed by atoms with van der Waals surface area (Å²) in [4.78, 5) is 25.4. The molecule has 1 saturated carbocycles. The molecule has 0 unspecified atom stereocenters. The number of carbonyl (C=O) groups excluding carboxylic acids is 1. The molecule has 22 heavy (non-hydrogen) atoms. The quantitative estimate of drug-likeness (QED) is 0.876. The maximum absolute atomic E-state index is 12.2. The Bertz CT molecular complexity index is 525. The molecule has 120 valence electrons. The number of hydrogen-bond acceptors (Lipinski definition) is 3. The van der Waals surface area contributed by atoms with E-state index in [9.17, 15) is 14.7 Å². The van der Waals surface area contributed by atoms with Crippen LogP contribution in [0.4, 0.5) is 5.69 Å². The molecule has 1 amide bonds. The molecule has 1 aromatic rings. The van der Waals surface area contributed by atoms with Crippen LogP contribution in [0.25, 0.3) is 0 Å². The van der Waals surface area contributed by atoms with Gasteiger partial charge in [0.1, 0.15) is 0 Å². The Morgan fingerprint density at radius 1 is 1.18 bits per heavy atom. The van der Waals surface area contributed by atoms with E-state index >= 15 is 0 Å². The lowest BCUT2D eigenvalue weighted by Gasteiger charge is -2.28. The molecule has 0 bridgehead atoms. The van der Waals surface area contributed by atoms with Crippen molar-refractivity contribution in [3.05, 3.63) is 29.8 Å². The molecule has 5 nitrogen and oxygen atoms in total. The van der Waals surface area contributed by atoms with Crippen molar-refractivity contribution < 1.29 is 14.7 Å². The van der Waals surface area contributed by atoms with Crippen molar-refractivity contribution in [1.82, 2.24) is 5.32 Å². The summed E-state index contributed by atoms with van der Waals surface area (Å²) >= 11 is 0. The average molecular weight is 304 g/mol. The van der Waals surface area contributed by atoms with Gasteiger partial charge in [0.25, 0.3) is 5.91 Å². The van der Waals surface area contributed by atoms with Gasteiger partial charge in [0.15, 0.2) is 0 Å². The highest BCUT2D eigenvalue weighted by Gasteiger charge is 2.30. The van der Waals surface area contributed by atoms with Gasteiger partial charge in [-0.25, -0.2) is 0 Å². The molecule has 1 aliphatic carbocycles. The van der Waals surface area contributed by atoms with Crippen LogP contribution in [0.15, 0.2) is 24.3 Å². The number of nitrogens with zero attached hydrogens (tertiary/aromatic N) is 1. The zero-order chi connectivity index (χ0) is 16.1. The Labute approximate surface area is 131 Å². The van der Waals surface area contributed by atoms with E-state index in [0.717, 1.165) is 24.9 Å². The molecule has 2 atom stereocenters. The van der Waals surface area contributed by atoms with Crippen molar-refractivity contribution >= 4 is 17.6 Å². The number of carboxylic acids is 1. The van der Waals surface area contributed by atoms with E-state index in [1.54, 1.807) is 12.1 Å². The first-order valence-electron chi connectivity index (χ1n) is 7.77. The maximum Gasteiger partial charge on any atom is 0.306 e. The van der Waals surface area contributed by atoms with E-state index in [1.165, 1.54) is 0 Å². The number of carbonyl (C=O) groups is 2. The molecule has 0 aromatic heterocycles. The fraction of sp³-hybridized carbons (Fsp3) is 0.529. The van der Waals surface area contributed by atoms with Crippen molar-refractivity contribution in [1.29, 1.82) is 0 Å². The van der Waals surface area contributed by atoms with E-state index in [2.05, 4.69) is 5.32 Å². The largest absolute Gasteiger partial charge is 0.481 e. The third-order valence-electron chi connectivity index (χ3n) is 4.40. The minimum Gasteiger partial charge on any atom is -0.481 e. The summed E-state index contributed by atoms with van der Waals surface area (Å²) in [5.41, 5.74) is 1.64. The third-order valence-corrected chi connectivity index (χ3v) is 4.40. The molecule has 1 aromatic carbocycles. The highest BCUT2D eigenvalue weighted by atomic mass is 16.4. The summed E-state index contributed by atoms with van der Waals surface area (Å²) in [5, 5.41) is 12.1. The van der Waals surface area contributed by atoms with Gasteiger partial charge in [-0.3, -0.25) is 9.59 Å². The van der Waals surface area contributed by atoms with E-state index in [-0.39, 0.29) is 17.7 Å². The third kappa shape index (κ3) is 4.00. The number of aliphatic carboxylic acids is 1. The molecular weight excluding hydrogens is 280 g/mol. The summed E-state index contributed by atoms with van der Waals surface area (Å²) in [7, 11) is 3.90. The van der Waals surface area contributed by atoms with Crippen LogP contribution in [-0.4, -0.2) is 37.6 Å². The van der Waals surface area contributed by atoms with Gasteiger partial charge in [0, 0.05) is 31.9 Å². The molecule has 2 N–H and O–H groups in total. The summed E-state index contributed by atoms with van der Waals surface area (Å²) in [6, 6.07) is 7.38. The highest BCUT2D eigenvalue weighted by Crippen LogP contribution is 2.29. The lowest BCUT2D eigenvalue weighted by atomic mass is 9.79. The van der Waals surface area contributed by atoms with Gasteiger partial charge in [0.05, 0.1) is 5.92 Å². The topological polar surface area (TPSA) is 69.6 Å². The van der Waals surface area contributed by atoms with Crippen molar-refractivity contribution in [2.75, 3.05) is 25.5 Å². The van der Waals surface area contributed by atoms with Gasteiger partial charge in [-0.2, -0.15) is 0 Å². The Hall–Kier alpha value is -2.04. The molecule has 5 heteroatoms. The van der Waals surface area contributed by atoms with Crippen molar-refractivity contribution in [3.63, 3.8) is 0 Å². The lowest BCUT2D eigenvalue weighted by molar-refractivity contribution is -0.144. The average Bonchev–Trinajstić information content (AvgIpc) is 2.52. The van der Waals surface area contributed by atoms with Gasteiger partial charge in [0.2, 0.25) is 0 Å². The lowest BCUT2D eigenvalue weighted by Crippen LogP contribution is -2.37. The number of rotatable bonds is 5. The van der Waals surface area contributed by atoms with Gasteiger partial charge in [-0.05, 0) is 43.0 Å². The normalized spacial score (nSPS) is 21.2. The number of amides is 1. The smallest absolute Gasteiger partial charge is 0.306 e. The van der Waals surface area contributed by atoms with E-state index in [0.29, 0.717) is 18.5 Å². The number of anilines is 1. The highest BCUT2D eigenvalue weighted by molar-refractivity contribution is 5.94. The molecule has 0 radical (unpaired) electrons. The predicted octanol–water partition coefficient (Wildman–Crippen LogP) is 2.37. The summed E-state index contributed by atoms with van der Waals surface area (Å²) in [6.45, 7) is 0.436. The first kappa shape index (κ1) is 16.3. The van der Waals surface area contributed by atoms with Gasteiger partial charge in [-0.15, -0.1) is 0 Å². The molecule has 1 aliphatic rings. The van der Waals surface area contributed by atoms with Gasteiger partial charge in [-0.1, -0.05) is 12.8 Å². The monoisotopic (exact) mass is 304 g/mol. The zero-order valence-electron chi connectivity index (χ0n) is 13.2. The van der Waals surface area contributed by atoms with Crippen LogP contribution < -0.4 is 10.2 Å². The van der Waals surface area contributed by atoms with Crippen LogP contribution in [0.2, 0.25) is 0 Å². The van der Waals surface area contributed by atoms with E-state index < -0.39 is 5.97 Å². The fourth-order valence-corrected chi connectivity index (χ4v) is 3.01. The first-order chi connectivity index (χ1) is 10.5. The zero-order valence-corrected chi connectivity index (χ0v) is 13.2. The number of hydrogen-bond donors (Lipinski definition) is 2.